The minimum absolute atomic E-state index is 0.0123. The lowest BCUT2D eigenvalue weighted by atomic mass is 10.1. The number of amides is 1. The van der Waals surface area contributed by atoms with Gasteiger partial charge in [-0.25, -0.2) is 0 Å². The molecule has 35 heavy (non-hydrogen) atoms. The first-order chi connectivity index (χ1) is 17.0. The van der Waals surface area contributed by atoms with Crippen LogP contribution >= 0.6 is 0 Å². The maximum absolute atomic E-state index is 13.8. The number of para-hydroxylation sites is 1. The topological polar surface area (TPSA) is 91.6 Å². The molecule has 1 atom stereocenters. The maximum Gasteiger partial charge on any atom is 0.271 e. The van der Waals surface area contributed by atoms with Crippen LogP contribution in [0.1, 0.15) is 33.7 Å². The van der Waals surface area contributed by atoms with Crippen LogP contribution in [0.25, 0.3) is 21.8 Å². The Balaban J connectivity index is 1.66. The number of aromatic nitrogens is 2. The Morgan fingerprint density at radius 3 is 2.57 bits per heavy atom. The van der Waals surface area contributed by atoms with Gasteiger partial charge in [-0.2, -0.15) is 0 Å². The highest BCUT2D eigenvalue weighted by Gasteiger charge is 2.28. The summed E-state index contributed by atoms with van der Waals surface area (Å²) in [5, 5.41) is 3.95. The Morgan fingerprint density at radius 2 is 1.86 bits per heavy atom. The smallest absolute Gasteiger partial charge is 0.271 e. The Bertz CT molecular complexity index is 1480. The molecule has 1 aliphatic heterocycles. The number of aryl methyl sites for hydroxylation is 1. The molecule has 0 spiro atoms. The number of ether oxygens (including phenoxy) is 2. The Morgan fingerprint density at radius 1 is 1.11 bits per heavy atom. The Kier molecular flexibility index (Phi) is 6.13. The summed E-state index contributed by atoms with van der Waals surface area (Å²) in [6.45, 7) is 0.961. The van der Waals surface area contributed by atoms with Gasteiger partial charge >= 0.3 is 0 Å². The summed E-state index contributed by atoms with van der Waals surface area (Å²) in [5.74, 6) is -0.322. The third-order valence-electron chi connectivity index (χ3n) is 6.59. The second-order valence-electron chi connectivity index (χ2n) is 8.71. The summed E-state index contributed by atoms with van der Waals surface area (Å²) in [6, 6.07) is 16.3. The molecule has 1 amide bonds. The summed E-state index contributed by atoms with van der Waals surface area (Å²) < 4.78 is 14.4. The average molecular weight is 474 g/mol. The molecule has 1 unspecified atom stereocenters. The highest BCUT2D eigenvalue weighted by Crippen LogP contribution is 2.34. The van der Waals surface area contributed by atoms with Gasteiger partial charge in [0.2, 0.25) is 0 Å². The van der Waals surface area contributed by atoms with E-state index in [0.29, 0.717) is 29.7 Å². The highest BCUT2D eigenvalue weighted by atomic mass is 16.5. The van der Waals surface area contributed by atoms with Gasteiger partial charge in [-0.1, -0.05) is 48.5 Å². The molecule has 1 fully saturated rings. The van der Waals surface area contributed by atoms with Crippen molar-refractivity contribution in [2.45, 2.75) is 25.5 Å². The van der Waals surface area contributed by atoms with Gasteiger partial charge < -0.3 is 19.4 Å². The third kappa shape index (κ3) is 4.00. The maximum atomic E-state index is 13.8. The van der Waals surface area contributed by atoms with Crippen LogP contribution in [-0.2, 0) is 18.3 Å². The number of Topliss-reactive ketones (excluding diaryl/α,β-unsaturated/α-hetero) is 1. The van der Waals surface area contributed by atoms with Crippen LogP contribution in [0, 0.1) is 0 Å². The van der Waals surface area contributed by atoms with Gasteiger partial charge in [-0.05, 0) is 18.9 Å². The molecule has 1 N–H and O–H groups in total. The molecule has 0 radical (unpaired) electrons. The predicted molar refractivity (Wildman–Crippen MR) is 133 cm³/mol. The van der Waals surface area contributed by atoms with E-state index in [0.717, 1.165) is 18.2 Å². The van der Waals surface area contributed by atoms with Crippen LogP contribution in [0.2, 0.25) is 0 Å². The van der Waals surface area contributed by atoms with E-state index < -0.39 is 0 Å². The lowest BCUT2D eigenvalue weighted by molar-refractivity contribution is 0.0848. The minimum atomic E-state index is -0.381. The quantitative estimate of drug-likeness (QED) is 0.416. The van der Waals surface area contributed by atoms with Crippen molar-refractivity contribution in [2.24, 2.45) is 7.05 Å². The van der Waals surface area contributed by atoms with Crippen molar-refractivity contribution in [1.82, 2.24) is 14.5 Å². The summed E-state index contributed by atoms with van der Waals surface area (Å²) in [6.07, 6.45) is 1.87. The number of carbonyl (C=O) groups is 2. The molecule has 180 valence electrons. The molecule has 0 saturated carbocycles. The number of ketones is 1. The van der Waals surface area contributed by atoms with Gasteiger partial charge in [0.1, 0.15) is 5.39 Å². The fourth-order valence-corrected chi connectivity index (χ4v) is 4.89. The van der Waals surface area contributed by atoms with Gasteiger partial charge in [0, 0.05) is 31.1 Å². The first kappa shape index (κ1) is 22.9. The van der Waals surface area contributed by atoms with E-state index in [-0.39, 0.29) is 46.7 Å². The van der Waals surface area contributed by atoms with Gasteiger partial charge in [0.05, 0.1) is 30.8 Å². The fourth-order valence-electron chi connectivity index (χ4n) is 4.89. The van der Waals surface area contributed by atoms with Gasteiger partial charge in [-0.15, -0.1) is 0 Å². The second-order valence-corrected chi connectivity index (χ2v) is 8.71. The predicted octanol–water partition coefficient (Wildman–Crippen LogP) is 3.29. The molecule has 2 aromatic carbocycles. The number of pyridine rings is 1. The minimum Gasteiger partial charge on any atom is -0.493 e. The summed E-state index contributed by atoms with van der Waals surface area (Å²) in [5.41, 5.74) is 1.61. The van der Waals surface area contributed by atoms with E-state index in [1.165, 1.54) is 11.7 Å². The zero-order valence-electron chi connectivity index (χ0n) is 19.7. The Labute approximate surface area is 202 Å². The Hall–Kier alpha value is -3.91. The summed E-state index contributed by atoms with van der Waals surface area (Å²) in [7, 11) is 3.19. The standard InChI is InChI=1S/C27H27N3O5/c1-29-23-19-12-6-7-13-20(19)30(16-21(31)17-9-4-3-5-10-17)27(33)22(23)25(34-2)24(29)26(32)28-15-18-11-8-14-35-18/h3-7,9-10,12-13,18H,8,11,14-16H2,1-2H3,(H,28,32). The number of hydrogen-bond acceptors (Lipinski definition) is 5. The molecule has 4 aromatic rings. The molecule has 1 saturated heterocycles. The molecular weight excluding hydrogens is 446 g/mol. The van der Waals surface area contributed by atoms with Crippen molar-refractivity contribution < 1.29 is 19.1 Å². The van der Waals surface area contributed by atoms with Crippen molar-refractivity contribution in [1.29, 1.82) is 0 Å². The normalized spacial score (nSPS) is 15.5. The molecular formula is C27H27N3O5. The van der Waals surface area contributed by atoms with Crippen molar-refractivity contribution in [3.63, 3.8) is 0 Å². The monoisotopic (exact) mass is 473 g/mol. The van der Waals surface area contributed by atoms with Crippen molar-refractivity contribution in [2.75, 3.05) is 20.3 Å². The van der Waals surface area contributed by atoms with E-state index in [4.69, 9.17) is 9.47 Å². The number of carbonyl (C=O) groups excluding carboxylic acids is 2. The molecule has 1 aliphatic rings. The van der Waals surface area contributed by atoms with Crippen molar-refractivity contribution >= 4 is 33.5 Å². The molecule has 8 heteroatoms. The van der Waals surface area contributed by atoms with Crippen molar-refractivity contribution in [3.8, 4) is 5.75 Å². The number of nitrogens with one attached hydrogen (secondary N) is 1. The van der Waals surface area contributed by atoms with Crippen LogP contribution in [-0.4, -0.2) is 47.2 Å². The van der Waals surface area contributed by atoms with E-state index in [2.05, 4.69) is 5.32 Å². The van der Waals surface area contributed by atoms with E-state index >= 15 is 0 Å². The lowest BCUT2D eigenvalue weighted by Gasteiger charge is -2.12. The van der Waals surface area contributed by atoms with Crippen LogP contribution in [0.5, 0.6) is 5.75 Å². The van der Waals surface area contributed by atoms with Gasteiger partial charge in [0.15, 0.2) is 17.2 Å². The number of rotatable bonds is 7. The molecule has 0 aliphatic carbocycles. The van der Waals surface area contributed by atoms with E-state index in [1.54, 1.807) is 35.9 Å². The molecule has 5 rings (SSSR count). The van der Waals surface area contributed by atoms with Gasteiger partial charge in [0.25, 0.3) is 11.5 Å². The molecule has 8 nitrogen and oxygen atoms in total. The van der Waals surface area contributed by atoms with E-state index in [9.17, 15) is 14.4 Å². The third-order valence-corrected chi connectivity index (χ3v) is 6.59. The van der Waals surface area contributed by atoms with Crippen LogP contribution in [0.4, 0.5) is 0 Å². The number of benzene rings is 2. The largest absolute Gasteiger partial charge is 0.493 e. The first-order valence-corrected chi connectivity index (χ1v) is 11.7. The van der Waals surface area contributed by atoms with E-state index in [1.807, 2.05) is 30.3 Å². The number of fused-ring (bicyclic) bond motifs is 3. The zero-order valence-corrected chi connectivity index (χ0v) is 19.7. The lowest BCUT2D eigenvalue weighted by Crippen LogP contribution is -2.33. The second kappa shape index (κ2) is 9.38. The highest BCUT2D eigenvalue weighted by molar-refractivity contribution is 6.12. The van der Waals surface area contributed by atoms with Crippen LogP contribution in [0.15, 0.2) is 59.4 Å². The summed E-state index contributed by atoms with van der Waals surface area (Å²) >= 11 is 0. The van der Waals surface area contributed by atoms with Crippen LogP contribution in [0.3, 0.4) is 0 Å². The molecule has 2 aromatic heterocycles. The summed E-state index contributed by atoms with van der Waals surface area (Å²) in [4.78, 5) is 40.1. The number of methoxy groups -OCH3 is 1. The van der Waals surface area contributed by atoms with Crippen LogP contribution < -0.4 is 15.6 Å². The zero-order chi connectivity index (χ0) is 24.5. The first-order valence-electron chi connectivity index (χ1n) is 11.7. The number of hydrogen-bond donors (Lipinski definition) is 1. The van der Waals surface area contributed by atoms with Crippen molar-refractivity contribution in [3.05, 3.63) is 76.2 Å². The average Bonchev–Trinajstić information content (AvgIpc) is 3.51. The molecule has 0 bridgehead atoms. The van der Waals surface area contributed by atoms with Gasteiger partial charge in [-0.3, -0.25) is 19.0 Å². The molecule has 3 heterocycles. The number of nitrogens with zero attached hydrogens (tertiary/aromatic N) is 2. The SMILES string of the molecule is COc1c(C(=O)NCC2CCCO2)n(C)c2c1c(=O)n(CC(=O)c1ccccc1)c1ccccc21. The fraction of sp³-hybridized carbons (Fsp3) is 0.296.